The lowest BCUT2D eigenvalue weighted by Gasteiger charge is -2.21. The summed E-state index contributed by atoms with van der Waals surface area (Å²) in [6.07, 6.45) is -1.02. The van der Waals surface area contributed by atoms with Crippen molar-refractivity contribution in [1.29, 1.82) is 0 Å². The molecule has 0 unspecified atom stereocenters. The maximum Gasteiger partial charge on any atom is 0.360 e. The number of nitrogens with zero attached hydrogens (tertiary/aromatic N) is 3. The number of aromatic nitrogens is 2. The van der Waals surface area contributed by atoms with E-state index in [4.69, 9.17) is 4.74 Å². The second-order valence-electron chi connectivity index (χ2n) is 7.56. The Bertz CT molecular complexity index is 1120. The van der Waals surface area contributed by atoms with E-state index in [-0.39, 0.29) is 23.1 Å². The SMILES string of the molecule is CC(C)Cn1nc(C(=O)O[C@H](C)C(=O)N(C)c2ccccc2)c2ccccc2c1=O. The van der Waals surface area contributed by atoms with Gasteiger partial charge in [0.1, 0.15) is 0 Å². The highest BCUT2D eigenvalue weighted by Crippen LogP contribution is 2.17. The lowest BCUT2D eigenvalue weighted by Crippen LogP contribution is -2.38. The van der Waals surface area contributed by atoms with E-state index in [0.717, 1.165) is 0 Å². The Balaban J connectivity index is 1.90. The molecule has 0 fully saturated rings. The molecule has 2 aromatic carbocycles. The van der Waals surface area contributed by atoms with Crippen LogP contribution in [-0.4, -0.2) is 34.8 Å². The summed E-state index contributed by atoms with van der Waals surface area (Å²) >= 11 is 0. The zero-order valence-corrected chi connectivity index (χ0v) is 17.5. The van der Waals surface area contributed by atoms with Crippen molar-refractivity contribution in [2.24, 2.45) is 5.92 Å². The van der Waals surface area contributed by atoms with E-state index < -0.39 is 12.1 Å². The number of hydrogen-bond acceptors (Lipinski definition) is 5. The van der Waals surface area contributed by atoms with Crippen LogP contribution in [0, 0.1) is 5.92 Å². The van der Waals surface area contributed by atoms with Gasteiger partial charge in [0, 0.05) is 24.7 Å². The van der Waals surface area contributed by atoms with Gasteiger partial charge in [0.25, 0.3) is 11.5 Å². The summed E-state index contributed by atoms with van der Waals surface area (Å²) in [6.45, 7) is 5.81. The number of carbonyl (C=O) groups is 2. The Hall–Kier alpha value is -3.48. The summed E-state index contributed by atoms with van der Waals surface area (Å²) in [5, 5.41) is 5.06. The number of ether oxygens (including phenoxy) is 1. The van der Waals surface area contributed by atoms with E-state index >= 15 is 0 Å². The van der Waals surface area contributed by atoms with Gasteiger partial charge in [0.15, 0.2) is 11.8 Å². The van der Waals surface area contributed by atoms with Crippen molar-refractivity contribution in [2.75, 3.05) is 11.9 Å². The second kappa shape index (κ2) is 8.90. The van der Waals surface area contributed by atoms with Crippen LogP contribution in [0.3, 0.4) is 0 Å². The number of benzene rings is 2. The molecule has 0 bridgehead atoms. The first-order chi connectivity index (χ1) is 14.3. The van der Waals surface area contributed by atoms with Crippen LogP contribution in [0.5, 0.6) is 0 Å². The van der Waals surface area contributed by atoms with Gasteiger partial charge in [-0.3, -0.25) is 9.59 Å². The molecule has 1 atom stereocenters. The summed E-state index contributed by atoms with van der Waals surface area (Å²) in [5.74, 6) is -0.944. The average molecular weight is 407 g/mol. The Morgan fingerprint density at radius 2 is 1.60 bits per heavy atom. The number of likely N-dealkylation sites (N-methyl/N-ethyl adjacent to an activating group) is 1. The van der Waals surface area contributed by atoms with Crippen LogP contribution in [0.2, 0.25) is 0 Å². The summed E-state index contributed by atoms with van der Waals surface area (Å²) in [7, 11) is 1.62. The molecule has 156 valence electrons. The molecule has 7 nitrogen and oxygen atoms in total. The van der Waals surface area contributed by atoms with Crippen molar-refractivity contribution >= 4 is 28.3 Å². The van der Waals surface area contributed by atoms with Crippen LogP contribution in [0.1, 0.15) is 31.3 Å². The fraction of sp³-hybridized carbons (Fsp3) is 0.304. The van der Waals surface area contributed by atoms with Crippen LogP contribution in [0.15, 0.2) is 59.4 Å². The minimum Gasteiger partial charge on any atom is -0.448 e. The highest BCUT2D eigenvalue weighted by molar-refractivity contribution is 6.04. The van der Waals surface area contributed by atoms with Gasteiger partial charge in [-0.05, 0) is 31.0 Å². The van der Waals surface area contributed by atoms with Crippen LogP contribution in [-0.2, 0) is 16.1 Å². The van der Waals surface area contributed by atoms with Gasteiger partial charge in [-0.25, -0.2) is 9.48 Å². The number of anilines is 1. The third-order valence-electron chi connectivity index (χ3n) is 4.70. The van der Waals surface area contributed by atoms with E-state index in [1.54, 1.807) is 43.4 Å². The first kappa shape index (κ1) is 21.2. The highest BCUT2D eigenvalue weighted by atomic mass is 16.5. The third-order valence-corrected chi connectivity index (χ3v) is 4.70. The van der Waals surface area contributed by atoms with E-state index in [1.807, 2.05) is 32.0 Å². The molecule has 1 amide bonds. The average Bonchev–Trinajstić information content (AvgIpc) is 2.74. The van der Waals surface area contributed by atoms with Crippen molar-refractivity contribution in [1.82, 2.24) is 9.78 Å². The van der Waals surface area contributed by atoms with Gasteiger partial charge in [0.2, 0.25) is 0 Å². The smallest absolute Gasteiger partial charge is 0.360 e. The van der Waals surface area contributed by atoms with Crippen molar-refractivity contribution < 1.29 is 14.3 Å². The monoisotopic (exact) mass is 407 g/mol. The molecule has 0 radical (unpaired) electrons. The van der Waals surface area contributed by atoms with Crippen LogP contribution >= 0.6 is 0 Å². The molecular formula is C23H25N3O4. The van der Waals surface area contributed by atoms with Crippen LogP contribution in [0.25, 0.3) is 10.8 Å². The zero-order valence-electron chi connectivity index (χ0n) is 17.5. The fourth-order valence-electron chi connectivity index (χ4n) is 3.17. The zero-order chi connectivity index (χ0) is 21.8. The summed E-state index contributed by atoms with van der Waals surface area (Å²) < 4.78 is 6.72. The molecule has 1 heterocycles. The van der Waals surface area contributed by atoms with Crippen LogP contribution in [0.4, 0.5) is 5.69 Å². The standard InChI is InChI=1S/C23H25N3O4/c1-15(2)14-26-22(28)19-13-9-8-12-18(19)20(24-26)23(29)30-16(3)21(27)25(4)17-10-6-5-7-11-17/h5-13,15-16H,14H2,1-4H3/t16-/m1/s1. The van der Waals surface area contributed by atoms with Gasteiger partial charge in [-0.2, -0.15) is 5.10 Å². The minimum absolute atomic E-state index is 0.0212. The predicted molar refractivity (Wildman–Crippen MR) is 116 cm³/mol. The van der Waals surface area contributed by atoms with Crippen molar-refractivity contribution in [3.63, 3.8) is 0 Å². The Kier molecular flexibility index (Phi) is 6.30. The Labute approximate surface area is 174 Å². The van der Waals surface area contributed by atoms with Gasteiger partial charge in [-0.1, -0.05) is 50.2 Å². The van der Waals surface area contributed by atoms with Gasteiger partial charge >= 0.3 is 5.97 Å². The first-order valence-corrected chi connectivity index (χ1v) is 9.83. The molecule has 0 aliphatic heterocycles. The van der Waals surface area contributed by atoms with Crippen LogP contribution < -0.4 is 10.5 Å². The number of esters is 1. The molecule has 7 heteroatoms. The normalized spacial score (nSPS) is 12.0. The summed E-state index contributed by atoms with van der Waals surface area (Å²) in [5.41, 5.74) is 0.455. The number of carbonyl (C=O) groups excluding carboxylic acids is 2. The minimum atomic E-state index is -1.02. The van der Waals surface area contributed by atoms with Gasteiger partial charge in [0.05, 0.1) is 5.39 Å². The Morgan fingerprint density at radius 1 is 1.00 bits per heavy atom. The number of amides is 1. The molecule has 0 aliphatic rings. The first-order valence-electron chi connectivity index (χ1n) is 9.83. The van der Waals surface area contributed by atoms with Gasteiger partial charge in [-0.15, -0.1) is 0 Å². The summed E-state index contributed by atoms with van der Waals surface area (Å²) in [4.78, 5) is 39.8. The molecule has 3 aromatic rings. The van der Waals surface area contributed by atoms with E-state index in [9.17, 15) is 14.4 Å². The number of hydrogen-bond donors (Lipinski definition) is 0. The van der Waals surface area contributed by atoms with Gasteiger partial charge < -0.3 is 9.64 Å². The number of rotatable bonds is 6. The second-order valence-corrected chi connectivity index (χ2v) is 7.56. The number of para-hydroxylation sites is 1. The molecular weight excluding hydrogens is 382 g/mol. The lowest BCUT2D eigenvalue weighted by molar-refractivity contribution is -0.126. The van der Waals surface area contributed by atoms with E-state index in [2.05, 4.69) is 5.10 Å². The highest BCUT2D eigenvalue weighted by Gasteiger charge is 2.26. The molecule has 0 spiro atoms. The largest absolute Gasteiger partial charge is 0.448 e. The fourth-order valence-corrected chi connectivity index (χ4v) is 3.17. The third kappa shape index (κ3) is 4.40. The maximum absolute atomic E-state index is 12.9. The molecule has 0 saturated heterocycles. The van der Waals surface area contributed by atoms with Crippen molar-refractivity contribution in [3.05, 3.63) is 70.6 Å². The molecule has 0 saturated carbocycles. The van der Waals surface area contributed by atoms with Crippen molar-refractivity contribution in [3.8, 4) is 0 Å². The summed E-state index contributed by atoms with van der Waals surface area (Å²) in [6, 6.07) is 15.9. The van der Waals surface area contributed by atoms with Crippen molar-refractivity contribution in [2.45, 2.75) is 33.4 Å². The Morgan fingerprint density at radius 3 is 2.23 bits per heavy atom. The molecule has 0 N–H and O–H groups in total. The molecule has 1 aromatic heterocycles. The predicted octanol–water partition coefficient (Wildman–Crippen LogP) is 3.26. The maximum atomic E-state index is 12.9. The quantitative estimate of drug-likeness (QED) is 0.586. The lowest BCUT2D eigenvalue weighted by atomic mass is 10.1. The molecule has 30 heavy (non-hydrogen) atoms. The molecule has 0 aliphatic carbocycles. The topological polar surface area (TPSA) is 81.5 Å². The molecule has 3 rings (SSSR count). The number of fused-ring (bicyclic) bond motifs is 1. The van der Waals surface area contributed by atoms with E-state index in [0.29, 0.717) is 23.0 Å². The van der Waals surface area contributed by atoms with E-state index in [1.165, 1.54) is 16.5 Å².